The molecular formula is C34H31ClF6N8O5S. The number of carbonyl (C=O) groups excluding carboxylic acids is 2. The van der Waals surface area contributed by atoms with E-state index < -0.39 is 90.3 Å². The standard InChI is InChI=1S/C34H31ClF6N8O5S/c1-31(2,3)14-33(19-6-4-18(10-21(19)36)24-12-42-16-55-24)27(50)48(28(46-33)45-29(51)52)23(13-54-30(53)47-32(8-9-32)34(39,40)41)17-5-7-20(35)22(11-17)49-26(25(37)38)43-15-44-49/h4-7,10-12,15-16,23,25H,8-9,13-14H2,1-3H3,(H,45,46)(H,47,53)(H,51,52)/t23-,33-/m1/s1. The number of carboxylic acid groups (broad SMARTS) is 1. The molecular weight excluding hydrogens is 782 g/mol. The minimum Gasteiger partial charge on any atom is -0.463 e. The van der Waals surface area contributed by atoms with Crippen molar-refractivity contribution in [1.82, 2.24) is 35.3 Å². The molecule has 1 aliphatic carbocycles. The highest BCUT2D eigenvalue weighted by atomic mass is 35.5. The van der Waals surface area contributed by atoms with E-state index in [1.54, 1.807) is 32.3 Å². The third kappa shape index (κ3) is 7.82. The molecule has 0 unspecified atom stereocenters. The summed E-state index contributed by atoms with van der Waals surface area (Å²) in [5.41, 5.74) is -3.85. The molecule has 3 amide bonds. The fourth-order valence-electron chi connectivity index (χ4n) is 6.43. The predicted molar refractivity (Wildman–Crippen MR) is 185 cm³/mol. The van der Waals surface area contributed by atoms with Crippen molar-refractivity contribution >= 4 is 47.0 Å². The van der Waals surface area contributed by atoms with E-state index in [0.29, 0.717) is 15.1 Å². The van der Waals surface area contributed by atoms with Crippen LogP contribution in [0.3, 0.4) is 0 Å². The highest BCUT2D eigenvalue weighted by Crippen LogP contribution is 2.49. The quantitative estimate of drug-likeness (QED) is 0.136. The summed E-state index contributed by atoms with van der Waals surface area (Å²) < 4.78 is 91.2. The zero-order valence-corrected chi connectivity index (χ0v) is 30.6. The molecule has 2 fully saturated rings. The largest absolute Gasteiger partial charge is 0.463 e. The van der Waals surface area contributed by atoms with Crippen molar-refractivity contribution in [2.75, 3.05) is 6.61 Å². The van der Waals surface area contributed by atoms with Gasteiger partial charge >= 0.3 is 18.4 Å². The molecule has 6 rings (SSSR count). The molecule has 1 saturated heterocycles. The Labute approximate surface area is 317 Å². The number of benzene rings is 2. The van der Waals surface area contributed by atoms with Crippen molar-refractivity contribution in [2.45, 2.75) is 69.8 Å². The summed E-state index contributed by atoms with van der Waals surface area (Å²) in [5.74, 6) is -3.32. The maximum Gasteiger partial charge on any atom is 0.434 e. The van der Waals surface area contributed by atoms with Crippen LogP contribution in [0.2, 0.25) is 5.02 Å². The zero-order valence-electron chi connectivity index (χ0n) is 29.0. The Kier molecular flexibility index (Phi) is 10.4. The molecule has 2 aromatic heterocycles. The number of nitrogens with zero attached hydrogens (tertiary/aromatic N) is 6. The van der Waals surface area contributed by atoms with E-state index >= 15 is 9.18 Å². The molecule has 55 heavy (non-hydrogen) atoms. The van der Waals surface area contributed by atoms with Crippen molar-refractivity contribution in [1.29, 1.82) is 0 Å². The van der Waals surface area contributed by atoms with E-state index in [1.165, 1.54) is 47.9 Å². The predicted octanol–water partition coefficient (Wildman–Crippen LogP) is 7.78. The van der Waals surface area contributed by atoms with Crippen molar-refractivity contribution in [2.24, 2.45) is 10.4 Å². The molecule has 2 aliphatic rings. The van der Waals surface area contributed by atoms with Crippen LogP contribution in [0.1, 0.15) is 69.5 Å². The van der Waals surface area contributed by atoms with Gasteiger partial charge in [0.05, 0.1) is 27.1 Å². The summed E-state index contributed by atoms with van der Waals surface area (Å²) in [5, 5.41) is 18.2. The Hall–Kier alpha value is -5.24. The number of ether oxygens (including phenoxy) is 1. The lowest BCUT2D eigenvalue weighted by Gasteiger charge is -2.35. The van der Waals surface area contributed by atoms with E-state index in [2.05, 4.69) is 25.4 Å². The molecule has 2 aromatic carbocycles. The maximum absolute atomic E-state index is 16.4. The van der Waals surface area contributed by atoms with E-state index in [4.69, 9.17) is 16.3 Å². The van der Waals surface area contributed by atoms with Gasteiger partial charge in [-0.25, -0.2) is 32.4 Å². The highest BCUT2D eigenvalue weighted by molar-refractivity contribution is 7.13. The van der Waals surface area contributed by atoms with Crippen LogP contribution < -0.4 is 10.6 Å². The molecule has 292 valence electrons. The minimum atomic E-state index is -4.81. The van der Waals surface area contributed by atoms with Gasteiger partial charge in [0.1, 0.15) is 29.8 Å². The summed E-state index contributed by atoms with van der Waals surface area (Å²) in [6.07, 6.45) is -9.88. The molecule has 21 heteroatoms. The molecule has 13 nitrogen and oxygen atoms in total. The number of hydrogen-bond donors (Lipinski definition) is 3. The first-order valence-electron chi connectivity index (χ1n) is 16.4. The smallest absolute Gasteiger partial charge is 0.434 e. The summed E-state index contributed by atoms with van der Waals surface area (Å²) >= 11 is 7.63. The summed E-state index contributed by atoms with van der Waals surface area (Å²) in [6, 6.07) is 6.13. The number of amides is 3. The molecule has 3 N–H and O–H groups in total. The number of rotatable bonds is 10. The fraction of sp³-hybridized carbons (Fsp3) is 0.382. The Balaban J connectivity index is 1.50. The van der Waals surface area contributed by atoms with E-state index in [-0.39, 0.29) is 28.3 Å². The van der Waals surface area contributed by atoms with Gasteiger partial charge in [-0.1, -0.05) is 50.6 Å². The first-order chi connectivity index (χ1) is 25.7. The third-order valence-corrected chi connectivity index (χ3v) is 10.1. The Bertz CT molecular complexity index is 2150. The van der Waals surface area contributed by atoms with E-state index in [1.807, 2.05) is 5.32 Å². The monoisotopic (exact) mass is 812 g/mol. The zero-order chi connectivity index (χ0) is 40.1. The SMILES string of the molecule is CC(C)(C)C[C@]1(c2ccc(-c3cncs3)cc2F)N/C(=N\C(=O)O)N([C@H](COC(=O)NC2(C(F)(F)F)CC2)c2ccc(Cl)c(-n3ncnc3C(F)F)c2)C1=O. The van der Waals surface area contributed by atoms with E-state index in [0.717, 1.165) is 11.2 Å². The van der Waals surface area contributed by atoms with Crippen LogP contribution in [0.25, 0.3) is 16.1 Å². The number of alkyl halides is 5. The van der Waals surface area contributed by atoms with Crippen molar-refractivity contribution < 1.29 is 50.6 Å². The van der Waals surface area contributed by atoms with E-state index in [9.17, 15) is 36.6 Å². The molecule has 1 aliphatic heterocycles. The van der Waals surface area contributed by atoms with Crippen molar-refractivity contribution in [3.8, 4) is 16.1 Å². The number of aromatic nitrogens is 4. The molecule has 3 heterocycles. The van der Waals surface area contributed by atoms with Gasteiger partial charge in [-0.2, -0.15) is 18.3 Å². The van der Waals surface area contributed by atoms with Crippen LogP contribution in [0.5, 0.6) is 0 Å². The lowest BCUT2D eigenvalue weighted by Crippen LogP contribution is -2.49. The van der Waals surface area contributed by atoms with Crippen LogP contribution in [-0.4, -0.2) is 72.1 Å². The number of aliphatic imine (C=N–C) groups is 1. The number of alkyl carbamates (subject to hydrolysis) is 1. The lowest BCUT2D eigenvalue weighted by molar-refractivity contribution is -0.164. The molecule has 1 saturated carbocycles. The molecule has 2 atom stereocenters. The minimum absolute atomic E-state index is 0.0549. The van der Waals surface area contributed by atoms with Gasteiger partial charge in [-0.3, -0.25) is 14.7 Å². The molecule has 4 aromatic rings. The van der Waals surface area contributed by atoms with Gasteiger partial charge in [0, 0.05) is 11.8 Å². The number of carbonyl (C=O) groups is 3. The second-order valence-electron chi connectivity index (χ2n) is 14.1. The number of guanidine groups is 1. The molecule has 0 radical (unpaired) electrons. The van der Waals surface area contributed by atoms with Gasteiger partial charge < -0.3 is 20.5 Å². The number of halogens is 7. The van der Waals surface area contributed by atoms with Gasteiger partial charge in [0.2, 0.25) is 5.96 Å². The van der Waals surface area contributed by atoms with Crippen molar-refractivity contribution in [3.05, 3.63) is 82.2 Å². The average Bonchev–Trinajstić information content (AvgIpc) is 3.40. The summed E-state index contributed by atoms with van der Waals surface area (Å²) in [4.78, 5) is 52.7. The first-order valence-corrected chi connectivity index (χ1v) is 17.6. The topological polar surface area (TPSA) is 164 Å². The number of thiazole rings is 1. The van der Waals surface area contributed by atoms with Gasteiger partial charge in [0.25, 0.3) is 12.3 Å². The normalized spacial score (nSPS) is 19.4. The Morgan fingerprint density at radius 1 is 1.16 bits per heavy atom. The van der Waals surface area contributed by atoms with Gasteiger partial charge in [-0.15, -0.1) is 16.3 Å². The van der Waals surface area contributed by atoms with Crippen LogP contribution in [-0.2, 0) is 15.1 Å². The van der Waals surface area contributed by atoms with Crippen LogP contribution >= 0.6 is 22.9 Å². The Morgan fingerprint density at radius 2 is 1.89 bits per heavy atom. The molecule has 0 bridgehead atoms. The number of hydrogen-bond acceptors (Lipinski definition) is 8. The van der Waals surface area contributed by atoms with Crippen LogP contribution in [0.15, 0.2) is 59.4 Å². The van der Waals surface area contributed by atoms with Gasteiger partial charge in [0.15, 0.2) is 5.82 Å². The lowest BCUT2D eigenvalue weighted by atomic mass is 9.75. The van der Waals surface area contributed by atoms with Gasteiger partial charge in [-0.05, 0) is 54.0 Å². The highest BCUT2D eigenvalue weighted by Gasteiger charge is 2.65. The first kappa shape index (κ1) is 39.5. The molecule has 0 spiro atoms. The second kappa shape index (κ2) is 14.4. The number of nitrogens with one attached hydrogen (secondary N) is 2. The second-order valence-corrected chi connectivity index (χ2v) is 15.4. The maximum atomic E-state index is 16.4. The van der Waals surface area contributed by atoms with Crippen LogP contribution in [0, 0.1) is 11.2 Å². The fourth-order valence-corrected chi connectivity index (χ4v) is 7.25. The van der Waals surface area contributed by atoms with Crippen molar-refractivity contribution in [3.63, 3.8) is 0 Å². The average molecular weight is 813 g/mol. The summed E-state index contributed by atoms with van der Waals surface area (Å²) in [6.45, 7) is 4.29. The third-order valence-electron chi connectivity index (χ3n) is 8.95. The van der Waals surface area contributed by atoms with Crippen LogP contribution in [0.4, 0.5) is 35.9 Å². The summed E-state index contributed by atoms with van der Waals surface area (Å²) in [7, 11) is 0. The Morgan fingerprint density at radius 3 is 2.47 bits per heavy atom.